The third kappa shape index (κ3) is 3.58. The van der Waals surface area contributed by atoms with Gasteiger partial charge in [-0.2, -0.15) is 0 Å². The molecule has 0 radical (unpaired) electrons. The molecule has 0 unspecified atom stereocenters. The summed E-state index contributed by atoms with van der Waals surface area (Å²) in [5.74, 6) is 0. The summed E-state index contributed by atoms with van der Waals surface area (Å²) in [4.78, 5) is 2.04. The van der Waals surface area contributed by atoms with Crippen molar-refractivity contribution in [3.8, 4) is 0 Å². The smallest absolute Gasteiger partial charge is 0.0558 e. The Hall–Kier alpha value is -0.0900. The van der Waals surface area contributed by atoms with Gasteiger partial charge in [0.15, 0.2) is 0 Å². The molecule has 0 spiro atoms. The maximum atomic E-state index is 8.76. The highest BCUT2D eigenvalue weighted by molar-refractivity contribution is 9.10. The third-order valence-electron chi connectivity index (χ3n) is 1.93. The Morgan fingerprint density at radius 2 is 2.21 bits per heavy atom. The first kappa shape index (κ1) is 12.0. The molecule has 14 heavy (non-hydrogen) atoms. The van der Waals surface area contributed by atoms with E-state index in [1.165, 1.54) is 0 Å². The van der Waals surface area contributed by atoms with Crippen molar-refractivity contribution < 1.29 is 5.11 Å². The topological polar surface area (TPSA) is 23.5 Å². The molecule has 0 aromatic heterocycles. The Balaban J connectivity index is 2.70. The van der Waals surface area contributed by atoms with E-state index in [-0.39, 0.29) is 6.61 Å². The maximum Gasteiger partial charge on any atom is 0.0558 e. The molecule has 0 aliphatic rings. The van der Waals surface area contributed by atoms with Gasteiger partial charge in [0.2, 0.25) is 0 Å². The zero-order chi connectivity index (χ0) is 10.6. The van der Waals surface area contributed by atoms with Crippen molar-refractivity contribution in [2.45, 2.75) is 6.54 Å². The lowest BCUT2D eigenvalue weighted by molar-refractivity contribution is 0.217. The van der Waals surface area contributed by atoms with Crippen LogP contribution in [0, 0.1) is 0 Å². The highest BCUT2D eigenvalue weighted by atomic mass is 79.9. The second kappa shape index (κ2) is 5.71. The van der Waals surface area contributed by atoms with Gasteiger partial charge in [-0.1, -0.05) is 27.5 Å². The Morgan fingerprint density at radius 1 is 1.50 bits per heavy atom. The molecule has 0 saturated carbocycles. The fourth-order valence-electron chi connectivity index (χ4n) is 1.21. The molecule has 1 aromatic carbocycles. The van der Waals surface area contributed by atoms with Crippen molar-refractivity contribution in [2.24, 2.45) is 0 Å². The lowest BCUT2D eigenvalue weighted by atomic mass is 10.2. The molecule has 2 nitrogen and oxygen atoms in total. The highest BCUT2D eigenvalue weighted by Gasteiger charge is 2.04. The van der Waals surface area contributed by atoms with Crippen LogP contribution in [0.1, 0.15) is 5.56 Å². The summed E-state index contributed by atoms with van der Waals surface area (Å²) in [6.07, 6.45) is 0. The van der Waals surface area contributed by atoms with E-state index in [0.717, 1.165) is 21.6 Å². The first-order valence-corrected chi connectivity index (χ1v) is 5.54. The lowest BCUT2D eigenvalue weighted by Crippen LogP contribution is -2.21. The number of hydrogen-bond acceptors (Lipinski definition) is 2. The minimum absolute atomic E-state index is 0.175. The van der Waals surface area contributed by atoms with Crippen LogP contribution >= 0.6 is 27.5 Å². The summed E-state index contributed by atoms with van der Waals surface area (Å²) in [7, 11) is 1.96. The maximum absolute atomic E-state index is 8.76. The Kier molecular flexibility index (Phi) is 4.89. The minimum atomic E-state index is 0.175. The normalized spacial score (nSPS) is 10.9. The van der Waals surface area contributed by atoms with Gasteiger partial charge >= 0.3 is 0 Å². The molecular formula is C10H13BrClNO. The summed E-state index contributed by atoms with van der Waals surface area (Å²) in [6, 6.07) is 5.71. The van der Waals surface area contributed by atoms with Gasteiger partial charge in [0.25, 0.3) is 0 Å². The molecule has 0 heterocycles. The summed E-state index contributed by atoms with van der Waals surface area (Å²) in [6.45, 7) is 1.62. The average Bonchev–Trinajstić information content (AvgIpc) is 2.12. The van der Waals surface area contributed by atoms with Crippen LogP contribution in [0.15, 0.2) is 22.7 Å². The summed E-state index contributed by atoms with van der Waals surface area (Å²) < 4.78 is 1.05. The number of rotatable bonds is 4. The van der Waals surface area contributed by atoms with Gasteiger partial charge in [-0.3, -0.25) is 4.90 Å². The van der Waals surface area contributed by atoms with E-state index < -0.39 is 0 Å². The minimum Gasteiger partial charge on any atom is -0.395 e. The number of aliphatic hydroxyl groups is 1. The van der Waals surface area contributed by atoms with Gasteiger partial charge < -0.3 is 5.11 Å². The number of hydrogen-bond donors (Lipinski definition) is 1. The molecule has 0 fully saturated rings. The van der Waals surface area contributed by atoms with Crippen LogP contribution in [0.5, 0.6) is 0 Å². The highest BCUT2D eigenvalue weighted by Crippen LogP contribution is 2.22. The number of benzene rings is 1. The second-order valence-corrected chi connectivity index (χ2v) is 4.49. The molecular weight excluding hydrogens is 265 g/mol. The number of halogens is 2. The molecule has 0 bridgehead atoms. The van der Waals surface area contributed by atoms with E-state index in [2.05, 4.69) is 15.9 Å². The van der Waals surface area contributed by atoms with E-state index in [4.69, 9.17) is 16.7 Å². The van der Waals surface area contributed by atoms with Crippen LogP contribution < -0.4 is 0 Å². The predicted octanol–water partition coefficient (Wildman–Crippen LogP) is 2.53. The van der Waals surface area contributed by atoms with Gasteiger partial charge in [-0.15, -0.1) is 0 Å². The first-order valence-electron chi connectivity index (χ1n) is 4.37. The van der Waals surface area contributed by atoms with Crippen LogP contribution in [0.2, 0.25) is 5.02 Å². The molecule has 1 N–H and O–H groups in total. The number of likely N-dealkylation sites (N-methyl/N-ethyl adjacent to an activating group) is 1. The zero-order valence-corrected chi connectivity index (χ0v) is 10.3. The van der Waals surface area contributed by atoms with Crippen LogP contribution in [0.25, 0.3) is 0 Å². The largest absolute Gasteiger partial charge is 0.395 e. The summed E-state index contributed by atoms with van der Waals surface area (Å²) in [5, 5.41) is 9.50. The van der Waals surface area contributed by atoms with Crippen molar-refractivity contribution >= 4 is 27.5 Å². The molecule has 0 amide bonds. The molecule has 0 atom stereocenters. The van der Waals surface area contributed by atoms with E-state index in [0.29, 0.717) is 6.54 Å². The molecule has 0 saturated heterocycles. The van der Waals surface area contributed by atoms with Crippen LogP contribution in [0.4, 0.5) is 0 Å². The molecule has 1 rings (SSSR count). The van der Waals surface area contributed by atoms with Crippen molar-refractivity contribution in [3.05, 3.63) is 33.3 Å². The van der Waals surface area contributed by atoms with Crippen molar-refractivity contribution in [1.29, 1.82) is 0 Å². The SMILES string of the molecule is CN(CCO)Cc1cc(Cl)ccc1Br. The standard InChI is InChI=1S/C10H13BrClNO/c1-13(4-5-14)7-8-6-9(12)2-3-10(8)11/h2-3,6,14H,4-5,7H2,1H3. The zero-order valence-electron chi connectivity index (χ0n) is 8.00. The Morgan fingerprint density at radius 3 is 2.86 bits per heavy atom. The van der Waals surface area contributed by atoms with Gasteiger partial charge in [0.1, 0.15) is 0 Å². The average molecular weight is 279 g/mol. The quantitative estimate of drug-likeness (QED) is 0.915. The summed E-state index contributed by atoms with van der Waals surface area (Å²) >= 11 is 9.35. The van der Waals surface area contributed by atoms with E-state index >= 15 is 0 Å². The van der Waals surface area contributed by atoms with E-state index in [1.54, 1.807) is 0 Å². The third-order valence-corrected chi connectivity index (χ3v) is 2.94. The second-order valence-electron chi connectivity index (χ2n) is 3.20. The van der Waals surface area contributed by atoms with Crippen molar-refractivity contribution in [2.75, 3.05) is 20.2 Å². The predicted molar refractivity (Wildman–Crippen MR) is 62.6 cm³/mol. The van der Waals surface area contributed by atoms with Gasteiger partial charge in [0.05, 0.1) is 6.61 Å². The monoisotopic (exact) mass is 277 g/mol. The lowest BCUT2D eigenvalue weighted by Gasteiger charge is -2.16. The van der Waals surface area contributed by atoms with E-state index in [1.807, 2.05) is 30.1 Å². The van der Waals surface area contributed by atoms with Crippen molar-refractivity contribution in [3.63, 3.8) is 0 Å². The van der Waals surface area contributed by atoms with Crippen molar-refractivity contribution in [1.82, 2.24) is 4.90 Å². The summed E-state index contributed by atoms with van der Waals surface area (Å²) in [5.41, 5.74) is 1.13. The number of nitrogens with zero attached hydrogens (tertiary/aromatic N) is 1. The van der Waals surface area contributed by atoms with Crippen LogP contribution in [-0.4, -0.2) is 30.2 Å². The van der Waals surface area contributed by atoms with Crippen LogP contribution in [-0.2, 0) is 6.54 Å². The molecule has 0 aliphatic carbocycles. The van der Waals surface area contributed by atoms with E-state index in [9.17, 15) is 0 Å². The molecule has 4 heteroatoms. The first-order chi connectivity index (χ1) is 6.63. The Labute approximate surface area is 97.6 Å². The fourth-order valence-corrected chi connectivity index (χ4v) is 1.77. The van der Waals surface area contributed by atoms with Crippen LogP contribution in [0.3, 0.4) is 0 Å². The Bertz CT molecular complexity index is 306. The van der Waals surface area contributed by atoms with Gasteiger partial charge in [-0.05, 0) is 30.8 Å². The molecule has 78 valence electrons. The van der Waals surface area contributed by atoms with Gasteiger partial charge in [0, 0.05) is 22.6 Å². The molecule has 1 aromatic rings. The molecule has 0 aliphatic heterocycles. The number of aliphatic hydroxyl groups excluding tert-OH is 1. The fraction of sp³-hybridized carbons (Fsp3) is 0.400. The van der Waals surface area contributed by atoms with Gasteiger partial charge in [-0.25, -0.2) is 0 Å².